The van der Waals surface area contributed by atoms with Gasteiger partial charge in [-0.3, -0.25) is 9.59 Å². The molecular formula is C27H25FN2O5S. The molecule has 2 atom stereocenters. The van der Waals surface area contributed by atoms with E-state index in [1.165, 1.54) is 31.2 Å². The SMILES string of the molecule is Cc1cccc(S(=O)(=O)N[C@@H](Cc2c[nH]c3ccccc23)C(=O)O[C@@H](C)C(=O)c2ccc(F)cc2)c1. The highest BCUT2D eigenvalue weighted by atomic mass is 32.2. The quantitative estimate of drug-likeness (QED) is 0.259. The number of fused-ring (bicyclic) bond motifs is 1. The van der Waals surface area contributed by atoms with Crippen molar-refractivity contribution in [3.63, 3.8) is 0 Å². The summed E-state index contributed by atoms with van der Waals surface area (Å²) >= 11 is 0. The van der Waals surface area contributed by atoms with Crippen LogP contribution in [0.1, 0.15) is 28.4 Å². The summed E-state index contributed by atoms with van der Waals surface area (Å²) in [6, 6.07) is 17.3. The molecule has 0 bridgehead atoms. The van der Waals surface area contributed by atoms with Gasteiger partial charge in [-0.05, 0) is 67.4 Å². The summed E-state index contributed by atoms with van der Waals surface area (Å²) < 4.78 is 47.3. The summed E-state index contributed by atoms with van der Waals surface area (Å²) in [5, 5.41) is 0.834. The van der Waals surface area contributed by atoms with E-state index < -0.39 is 39.7 Å². The number of carbonyl (C=O) groups is 2. The van der Waals surface area contributed by atoms with E-state index in [9.17, 15) is 22.4 Å². The van der Waals surface area contributed by atoms with Crippen molar-refractivity contribution >= 4 is 32.7 Å². The molecule has 0 spiro atoms. The van der Waals surface area contributed by atoms with Gasteiger partial charge >= 0.3 is 5.97 Å². The number of Topliss-reactive ketones (excluding diaryl/α,β-unsaturated/α-hetero) is 1. The van der Waals surface area contributed by atoms with Gasteiger partial charge in [0.1, 0.15) is 11.9 Å². The number of ketones is 1. The van der Waals surface area contributed by atoms with E-state index in [1.54, 1.807) is 25.3 Å². The van der Waals surface area contributed by atoms with Crippen molar-refractivity contribution in [2.45, 2.75) is 37.3 Å². The lowest BCUT2D eigenvalue weighted by Crippen LogP contribution is -2.45. The highest BCUT2D eigenvalue weighted by molar-refractivity contribution is 7.89. The predicted octanol–water partition coefficient (Wildman–Crippen LogP) is 4.32. The van der Waals surface area contributed by atoms with E-state index in [1.807, 2.05) is 24.3 Å². The number of aromatic nitrogens is 1. The second-order valence-corrected chi connectivity index (χ2v) is 10.2. The summed E-state index contributed by atoms with van der Waals surface area (Å²) in [6.45, 7) is 3.15. The van der Waals surface area contributed by atoms with Crippen molar-refractivity contribution in [3.05, 3.63) is 102 Å². The molecule has 3 aromatic carbocycles. The van der Waals surface area contributed by atoms with Crippen LogP contribution in [0.5, 0.6) is 0 Å². The Hall–Kier alpha value is -3.82. The van der Waals surface area contributed by atoms with Crippen LogP contribution in [0.15, 0.2) is 83.9 Å². The molecule has 0 amide bonds. The lowest BCUT2D eigenvalue weighted by Gasteiger charge is -2.20. The monoisotopic (exact) mass is 508 g/mol. The molecule has 0 aliphatic carbocycles. The molecule has 0 unspecified atom stereocenters. The number of rotatable bonds is 9. The average Bonchev–Trinajstić information content (AvgIpc) is 3.26. The fourth-order valence-electron chi connectivity index (χ4n) is 3.89. The molecule has 1 aromatic heterocycles. The number of halogens is 1. The smallest absolute Gasteiger partial charge is 0.325 e. The Balaban J connectivity index is 1.60. The van der Waals surface area contributed by atoms with Gasteiger partial charge in [0.25, 0.3) is 0 Å². The molecular weight excluding hydrogens is 483 g/mol. The van der Waals surface area contributed by atoms with Gasteiger partial charge < -0.3 is 9.72 Å². The number of sulfonamides is 1. The molecule has 0 saturated heterocycles. The van der Waals surface area contributed by atoms with Crippen molar-refractivity contribution in [3.8, 4) is 0 Å². The van der Waals surface area contributed by atoms with Gasteiger partial charge in [0.15, 0.2) is 6.10 Å². The average molecular weight is 509 g/mol. The van der Waals surface area contributed by atoms with Gasteiger partial charge in [-0.15, -0.1) is 0 Å². The fraction of sp³-hybridized carbons (Fsp3) is 0.185. The minimum atomic E-state index is -4.08. The van der Waals surface area contributed by atoms with Crippen LogP contribution in [0.4, 0.5) is 4.39 Å². The van der Waals surface area contributed by atoms with E-state index in [4.69, 9.17) is 4.74 Å². The summed E-state index contributed by atoms with van der Waals surface area (Å²) in [6.07, 6.45) is 0.488. The molecule has 2 N–H and O–H groups in total. The van der Waals surface area contributed by atoms with Crippen molar-refractivity contribution < 1.29 is 27.1 Å². The Morgan fingerprint density at radius 2 is 1.75 bits per heavy atom. The number of hydrogen-bond acceptors (Lipinski definition) is 5. The molecule has 1 heterocycles. The zero-order chi connectivity index (χ0) is 25.9. The first-order valence-corrected chi connectivity index (χ1v) is 12.8. The lowest BCUT2D eigenvalue weighted by atomic mass is 10.1. The molecule has 186 valence electrons. The molecule has 4 rings (SSSR count). The van der Waals surface area contributed by atoms with Gasteiger partial charge in [-0.1, -0.05) is 30.3 Å². The molecule has 0 saturated carbocycles. The Bertz CT molecular complexity index is 1510. The van der Waals surface area contributed by atoms with Gasteiger partial charge in [0.05, 0.1) is 4.90 Å². The lowest BCUT2D eigenvalue weighted by molar-refractivity contribution is -0.148. The zero-order valence-corrected chi connectivity index (χ0v) is 20.5. The number of aromatic amines is 1. The molecule has 0 aliphatic heterocycles. The number of para-hydroxylation sites is 1. The largest absolute Gasteiger partial charge is 0.453 e. The first-order valence-electron chi connectivity index (χ1n) is 11.3. The van der Waals surface area contributed by atoms with Crippen LogP contribution in [0, 0.1) is 12.7 Å². The van der Waals surface area contributed by atoms with Crippen LogP contribution >= 0.6 is 0 Å². The number of carbonyl (C=O) groups excluding carboxylic acids is 2. The maximum absolute atomic E-state index is 13.2. The van der Waals surface area contributed by atoms with Gasteiger partial charge in [-0.25, -0.2) is 12.8 Å². The van der Waals surface area contributed by atoms with Gasteiger partial charge in [0, 0.05) is 29.1 Å². The molecule has 0 fully saturated rings. The van der Waals surface area contributed by atoms with Crippen LogP contribution in [0.3, 0.4) is 0 Å². The minimum absolute atomic E-state index is 0.00858. The van der Waals surface area contributed by atoms with Gasteiger partial charge in [-0.2, -0.15) is 4.72 Å². The fourth-order valence-corrected chi connectivity index (χ4v) is 5.18. The summed E-state index contributed by atoms with van der Waals surface area (Å²) in [7, 11) is -4.08. The second-order valence-electron chi connectivity index (χ2n) is 8.50. The normalized spacial score (nSPS) is 13.3. The van der Waals surface area contributed by atoms with Crippen LogP contribution in [0.2, 0.25) is 0 Å². The van der Waals surface area contributed by atoms with Crippen LogP contribution < -0.4 is 4.72 Å². The highest BCUT2D eigenvalue weighted by Crippen LogP contribution is 2.21. The number of H-pyrrole nitrogens is 1. The number of esters is 1. The summed E-state index contributed by atoms with van der Waals surface area (Å²) in [5.74, 6) is -1.93. The Labute approximate surface area is 208 Å². The topological polar surface area (TPSA) is 105 Å². The van der Waals surface area contributed by atoms with E-state index >= 15 is 0 Å². The highest BCUT2D eigenvalue weighted by Gasteiger charge is 2.31. The van der Waals surface area contributed by atoms with Crippen LogP contribution in [-0.4, -0.2) is 37.3 Å². The van der Waals surface area contributed by atoms with Crippen LogP contribution in [0.25, 0.3) is 10.9 Å². The first-order chi connectivity index (χ1) is 17.1. The third kappa shape index (κ3) is 5.69. The van der Waals surface area contributed by atoms with E-state index in [-0.39, 0.29) is 16.9 Å². The van der Waals surface area contributed by atoms with E-state index in [2.05, 4.69) is 9.71 Å². The number of ether oxygens (including phenoxy) is 1. The maximum Gasteiger partial charge on any atom is 0.325 e. The van der Waals surface area contributed by atoms with Crippen molar-refractivity contribution in [2.24, 2.45) is 0 Å². The third-order valence-corrected chi connectivity index (χ3v) is 7.24. The second kappa shape index (κ2) is 10.4. The number of benzene rings is 3. The number of hydrogen-bond donors (Lipinski definition) is 2. The molecule has 4 aromatic rings. The number of aryl methyl sites for hydroxylation is 1. The number of nitrogens with one attached hydrogen (secondary N) is 2. The molecule has 7 nitrogen and oxygen atoms in total. The van der Waals surface area contributed by atoms with Crippen molar-refractivity contribution in [1.82, 2.24) is 9.71 Å². The zero-order valence-electron chi connectivity index (χ0n) is 19.7. The minimum Gasteiger partial charge on any atom is -0.453 e. The van der Waals surface area contributed by atoms with Crippen LogP contribution in [-0.2, 0) is 26.0 Å². The summed E-state index contributed by atoms with van der Waals surface area (Å²) in [5.41, 5.74) is 2.45. The standard InChI is InChI=1S/C27H25FN2O5S/c1-17-6-5-7-22(14-17)36(33,34)30-25(15-20-16-29-24-9-4-3-8-23(20)24)27(32)35-18(2)26(31)19-10-12-21(28)13-11-19/h3-14,16,18,25,29-30H,15H2,1-2H3/t18-,25-/m0/s1. The summed E-state index contributed by atoms with van der Waals surface area (Å²) in [4.78, 5) is 29.0. The Morgan fingerprint density at radius 3 is 2.47 bits per heavy atom. The Morgan fingerprint density at radius 1 is 1.03 bits per heavy atom. The third-order valence-electron chi connectivity index (χ3n) is 5.77. The molecule has 9 heteroatoms. The molecule has 0 aliphatic rings. The maximum atomic E-state index is 13.2. The van der Waals surface area contributed by atoms with Crippen molar-refractivity contribution in [1.29, 1.82) is 0 Å². The van der Waals surface area contributed by atoms with E-state index in [0.29, 0.717) is 5.56 Å². The predicted molar refractivity (Wildman–Crippen MR) is 134 cm³/mol. The van der Waals surface area contributed by atoms with Gasteiger partial charge in [0.2, 0.25) is 15.8 Å². The Kier molecular flexibility index (Phi) is 7.32. The van der Waals surface area contributed by atoms with E-state index in [0.717, 1.165) is 28.6 Å². The molecule has 0 radical (unpaired) electrons. The molecule has 36 heavy (non-hydrogen) atoms. The van der Waals surface area contributed by atoms with Crippen molar-refractivity contribution in [2.75, 3.05) is 0 Å². The first kappa shape index (κ1) is 25.3.